The van der Waals surface area contributed by atoms with Crippen LogP contribution in [0.25, 0.3) is 26.7 Å². The summed E-state index contributed by atoms with van der Waals surface area (Å²) in [5.41, 5.74) is 1.65. The van der Waals surface area contributed by atoms with Crippen molar-refractivity contribution in [3.63, 3.8) is 0 Å². The van der Waals surface area contributed by atoms with Crippen molar-refractivity contribution in [2.24, 2.45) is 0 Å². The second-order valence-corrected chi connectivity index (χ2v) is 12.2. The minimum atomic E-state index is -3.33. The fourth-order valence-corrected chi connectivity index (χ4v) is 6.29. The molecular formula is C24H22BrFN2O3S2. The molecule has 0 atom stereocenters. The molecule has 9 heteroatoms. The van der Waals surface area contributed by atoms with Crippen molar-refractivity contribution in [2.75, 3.05) is 6.26 Å². The van der Waals surface area contributed by atoms with Crippen LogP contribution in [-0.2, 0) is 15.4 Å². The first kappa shape index (κ1) is 23.8. The zero-order chi connectivity index (χ0) is 24.1. The molecule has 0 saturated heterocycles. The van der Waals surface area contributed by atoms with Gasteiger partial charge in [0.2, 0.25) is 0 Å². The maximum Gasteiger partial charge on any atom is 0.175 e. The van der Waals surface area contributed by atoms with Crippen LogP contribution in [0.4, 0.5) is 4.39 Å². The van der Waals surface area contributed by atoms with E-state index < -0.39 is 15.4 Å². The Morgan fingerprint density at radius 1 is 1.09 bits per heavy atom. The van der Waals surface area contributed by atoms with Gasteiger partial charge in [0.25, 0.3) is 0 Å². The second-order valence-electron chi connectivity index (χ2n) is 8.33. The molecule has 0 aliphatic heterocycles. The Morgan fingerprint density at radius 2 is 1.76 bits per heavy atom. The second kappa shape index (κ2) is 8.47. The third kappa shape index (κ3) is 4.55. The largest absolute Gasteiger partial charge is 0.384 e. The van der Waals surface area contributed by atoms with Crippen LogP contribution in [0.5, 0.6) is 0 Å². The van der Waals surface area contributed by atoms with Gasteiger partial charge in [-0.2, -0.15) is 5.10 Å². The molecule has 0 bridgehead atoms. The lowest BCUT2D eigenvalue weighted by Gasteiger charge is -2.14. The Labute approximate surface area is 204 Å². The first-order chi connectivity index (χ1) is 15.4. The van der Waals surface area contributed by atoms with Gasteiger partial charge in [0.05, 0.1) is 25.6 Å². The van der Waals surface area contributed by atoms with Crippen LogP contribution in [0, 0.1) is 12.7 Å². The summed E-state index contributed by atoms with van der Waals surface area (Å²) in [6.45, 7) is 4.97. The third-order valence-electron chi connectivity index (χ3n) is 5.26. The molecule has 5 nitrogen and oxygen atoms in total. The van der Waals surface area contributed by atoms with Crippen molar-refractivity contribution >= 4 is 37.1 Å². The maximum absolute atomic E-state index is 14.4. The molecule has 4 rings (SSSR count). The van der Waals surface area contributed by atoms with Crippen molar-refractivity contribution < 1.29 is 17.9 Å². The fourth-order valence-electron chi connectivity index (χ4n) is 3.50. The van der Waals surface area contributed by atoms with Crippen LogP contribution in [0.3, 0.4) is 0 Å². The van der Waals surface area contributed by atoms with E-state index in [1.807, 2.05) is 18.2 Å². The summed E-state index contributed by atoms with van der Waals surface area (Å²) in [6.07, 6.45) is 1.18. The molecule has 172 valence electrons. The molecule has 2 heterocycles. The standard InChI is InChI=1S/C24H22BrFN2O3S2/c1-14-17(26)9-6-10-18(14)28-22(21(25)23(27-28)24(2,3)29)20-12-11-19(32-20)15-7-5-8-16(13-15)33(4,30)31/h5-13,29H,1-4H3. The van der Waals surface area contributed by atoms with Crippen molar-refractivity contribution in [1.29, 1.82) is 0 Å². The van der Waals surface area contributed by atoms with Gasteiger partial charge in [-0.3, -0.25) is 0 Å². The van der Waals surface area contributed by atoms with Gasteiger partial charge in [-0.1, -0.05) is 18.2 Å². The van der Waals surface area contributed by atoms with E-state index in [1.54, 1.807) is 55.8 Å². The van der Waals surface area contributed by atoms with Crippen LogP contribution in [-0.4, -0.2) is 29.6 Å². The van der Waals surface area contributed by atoms with Crippen molar-refractivity contribution in [2.45, 2.75) is 31.3 Å². The number of hydrogen-bond donors (Lipinski definition) is 1. The topological polar surface area (TPSA) is 72.2 Å². The number of thiophene rings is 1. The van der Waals surface area contributed by atoms with E-state index in [0.717, 1.165) is 15.3 Å². The lowest BCUT2D eigenvalue weighted by Crippen LogP contribution is -2.17. The maximum atomic E-state index is 14.4. The number of benzene rings is 2. The molecule has 2 aromatic carbocycles. The quantitative estimate of drug-likeness (QED) is 0.326. The summed E-state index contributed by atoms with van der Waals surface area (Å²) in [5.74, 6) is -0.348. The number of sulfone groups is 1. The van der Waals surface area contributed by atoms with Crippen LogP contribution < -0.4 is 0 Å². The SMILES string of the molecule is Cc1c(F)cccc1-n1nc(C(C)(C)O)c(Br)c1-c1ccc(-c2cccc(S(C)(=O)=O)c2)s1. The Kier molecular flexibility index (Phi) is 6.11. The van der Waals surface area contributed by atoms with E-state index in [-0.39, 0.29) is 10.7 Å². The molecule has 0 aliphatic carbocycles. The van der Waals surface area contributed by atoms with E-state index in [1.165, 1.54) is 23.7 Å². The Morgan fingerprint density at radius 3 is 2.42 bits per heavy atom. The average molecular weight is 549 g/mol. The minimum absolute atomic E-state index is 0.251. The molecule has 0 unspecified atom stereocenters. The molecule has 0 spiro atoms. The summed E-state index contributed by atoms with van der Waals surface area (Å²) in [5, 5.41) is 15.3. The van der Waals surface area contributed by atoms with Crippen LogP contribution in [0.1, 0.15) is 25.1 Å². The van der Waals surface area contributed by atoms with Gasteiger partial charge in [-0.05, 0) is 78.7 Å². The van der Waals surface area contributed by atoms with Crippen LogP contribution in [0.15, 0.2) is 64.0 Å². The highest BCUT2D eigenvalue weighted by molar-refractivity contribution is 9.10. The highest BCUT2D eigenvalue weighted by atomic mass is 79.9. The molecule has 0 saturated carbocycles. The lowest BCUT2D eigenvalue weighted by molar-refractivity contribution is 0.0727. The summed E-state index contributed by atoms with van der Waals surface area (Å²) in [4.78, 5) is 1.95. The van der Waals surface area contributed by atoms with Gasteiger partial charge >= 0.3 is 0 Å². The van der Waals surface area contributed by atoms with Crippen molar-refractivity contribution in [3.05, 3.63) is 76.1 Å². The zero-order valence-corrected chi connectivity index (χ0v) is 21.6. The van der Waals surface area contributed by atoms with Gasteiger partial charge in [0.1, 0.15) is 17.1 Å². The van der Waals surface area contributed by atoms with E-state index in [0.29, 0.717) is 27.1 Å². The van der Waals surface area contributed by atoms with E-state index >= 15 is 0 Å². The van der Waals surface area contributed by atoms with Gasteiger partial charge in [-0.15, -0.1) is 11.3 Å². The Balaban J connectivity index is 1.91. The lowest BCUT2D eigenvalue weighted by atomic mass is 10.1. The molecule has 0 amide bonds. The fraction of sp³-hybridized carbons (Fsp3) is 0.208. The molecule has 1 N–H and O–H groups in total. The highest BCUT2D eigenvalue weighted by Gasteiger charge is 2.29. The third-order valence-corrected chi connectivity index (χ3v) is 8.26. The average Bonchev–Trinajstić information content (AvgIpc) is 3.34. The number of hydrogen-bond acceptors (Lipinski definition) is 5. The van der Waals surface area contributed by atoms with Gasteiger partial charge < -0.3 is 5.11 Å². The Bertz CT molecular complexity index is 1470. The van der Waals surface area contributed by atoms with E-state index in [2.05, 4.69) is 21.0 Å². The first-order valence-electron chi connectivity index (χ1n) is 10.1. The summed E-state index contributed by atoms with van der Waals surface area (Å²) >= 11 is 5.06. The number of nitrogens with zero attached hydrogens (tertiary/aromatic N) is 2. The monoisotopic (exact) mass is 548 g/mol. The molecule has 2 aromatic heterocycles. The van der Waals surface area contributed by atoms with Crippen molar-refractivity contribution in [1.82, 2.24) is 9.78 Å². The van der Waals surface area contributed by atoms with E-state index in [9.17, 15) is 17.9 Å². The zero-order valence-electron chi connectivity index (χ0n) is 18.4. The van der Waals surface area contributed by atoms with Gasteiger partial charge in [0, 0.05) is 16.7 Å². The molecule has 4 aromatic rings. The molecule has 33 heavy (non-hydrogen) atoms. The predicted molar refractivity (Wildman–Crippen MR) is 133 cm³/mol. The molecule has 0 aliphatic rings. The van der Waals surface area contributed by atoms with E-state index in [4.69, 9.17) is 0 Å². The number of rotatable bonds is 5. The number of halogens is 2. The van der Waals surface area contributed by atoms with Crippen LogP contribution >= 0.6 is 27.3 Å². The summed E-state index contributed by atoms with van der Waals surface area (Å²) < 4.78 is 40.6. The first-order valence-corrected chi connectivity index (χ1v) is 13.6. The van der Waals surface area contributed by atoms with Gasteiger partial charge in [-0.25, -0.2) is 17.5 Å². The van der Waals surface area contributed by atoms with Gasteiger partial charge in [0.15, 0.2) is 9.84 Å². The highest BCUT2D eigenvalue weighted by Crippen LogP contribution is 2.43. The number of aromatic nitrogens is 2. The molecule has 0 fully saturated rings. The number of aliphatic hydroxyl groups is 1. The normalized spacial score (nSPS) is 12.3. The predicted octanol–water partition coefficient (Wildman–Crippen LogP) is 6.11. The minimum Gasteiger partial charge on any atom is -0.384 e. The molecular weight excluding hydrogens is 527 g/mol. The Hall–Kier alpha value is -2.33. The van der Waals surface area contributed by atoms with Crippen LogP contribution in [0.2, 0.25) is 0 Å². The van der Waals surface area contributed by atoms with Crippen molar-refractivity contribution in [3.8, 4) is 26.7 Å². The molecule has 0 radical (unpaired) electrons. The smallest absolute Gasteiger partial charge is 0.175 e. The summed E-state index contributed by atoms with van der Waals surface area (Å²) in [7, 11) is -3.33. The summed E-state index contributed by atoms with van der Waals surface area (Å²) in [6, 6.07) is 15.4.